The van der Waals surface area contributed by atoms with Crippen LogP contribution in [0, 0.1) is 5.92 Å². The molecule has 0 aliphatic carbocycles. The fourth-order valence-corrected chi connectivity index (χ4v) is 1.46. The zero-order valence-corrected chi connectivity index (χ0v) is 9.88. The summed E-state index contributed by atoms with van der Waals surface area (Å²) in [6.45, 7) is 8.79. The predicted molar refractivity (Wildman–Crippen MR) is 58.2 cm³/mol. The molecule has 0 atom stereocenters. The smallest absolute Gasteiger partial charge is 0.319 e. The zero-order chi connectivity index (χ0) is 11.0. The van der Waals surface area contributed by atoms with E-state index < -0.39 is 0 Å². The molecule has 0 aliphatic rings. The van der Waals surface area contributed by atoms with E-state index >= 15 is 0 Å². The molecule has 0 radical (unpaired) electrons. The van der Waals surface area contributed by atoms with Gasteiger partial charge in [-0.25, -0.2) is 0 Å². The van der Waals surface area contributed by atoms with Gasteiger partial charge >= 0.3 is 5.97 Å². The Morgan fingerprint density at radius 2 is 1.86 bits per heavy atom. The molecule has 0 spiro atoms. The Kier molecular flexibility index (Phi) is 7.48. The molecule has 3 heteroatoms. The van der Waals surface area contributed by atoms with Gasteiger partial charge in [-0.2, -0.15) is 0 Å². The summed E-state index contributed by atoms with van der Waals surface area (Å²) in [5.74, 6) is 0.553. The number of ether oxygens (including phenoxy) is 1. The van der Waals surface area contributed by atoms with E-state index in [1.54, 1.807) is 0 Å². The van der Waals surface area contributed by atoms with Gasteiger partial charge in [0.05, 0.1) is 13.7 Å². The molecule has 0 aromatic carbocycles. The first-order chi connectivity index (χ1) is 6.67. The van der Waals surface area contributed by atoms with Gasteiger partial charge in [0.25, 0.3) is 0 Å². The Morgan fingerprint density at radius 1 is 1.29 bits per heavy atom. The molecule has 0 heterocycles. The Balaban J connectivity index is 3.94. The summed E-state index contributed by atoms with van der Waals surface area (Å²) in [6, 6.07) is 0. The molecular formula is C11H23NO2. The third-order valence-corrected chi connectivity index (χ3v) is 2.70. The maximum atomic E-state index is 11.1. The minimum absolute atomic E-state index is 0.141. The summed E-state index contributed by atoms with van der Waals surface area (Å²) >= 11 is 0. The van der Waals surface area contributed by atoms with Crippen LogP contribution in [0.25, 0.3) is 0 Å². The van der Waals surface area contributed by atoms with Crippen LogP contribution >= 0.6 is 0 Å². The molecule has 0 saturated carbocycles. The van der Waals surface area contributed by atoms with Gasteiger partial charge in [0, 0.05) is 6.54 Å². The average Bonchev–Trinajstić information content (AvgIpc) is 2.23. The monoisotopic (exact) mass is 201 g/mol. The number of nitrogens with zero attached hydrogens (tertiary/aromatic N) is 1. The third-order valence-electron chi connectivity index (χ3n) is 2.70. The highest BCUT2D eigenvalue weighted by molar-refractivity contribution is 5.71. The molecule has 3 nitrogen and oxygen atoms in total. The molecule has 14 heavy (non-hydrogen) atoms. The van der Waals surface area contributed by atoms with Gasteiger partial charge in [-0.15, -0.1) is 0 Å². The lowest BCUT2D eigenvalue weighted by atomic mass is 10.0. The summed E-state index contributed by atoms with van der Waals surface area (Å²) in [7, 11) is 1.44. The number of rotatable bonds is 7. The summed E-state index contributed by atoms with van der Waals surface area (Å²) in [6.07, 6.45) is 2.35. The molecule has 0 rings (SSSR count). The predicted octanol–water partition coefficient (Wildman–Crippen LogP) is 1.92. The highest BCUT2D eigenvalue weighted by atomic mass is 16.5. The lowest BCUT2D eigenvalue weighted by Gasteiger charge is -2.23. The number of likely N-dealkylation sites (N-methyl/N-ethyl adjacent to an activating group) is 1. The Bertz CT molecular complexity index is 155. The molecule has 0 N–H and O–H groups in total. The number of hydrogen-bond donors (Lipinski definition) is 0. The highest BCUT2D eigenvalue weighted by Crippen LogP contribution is 2.09. The van der Waals surface area contributed by atoms with Crippen molar-refractivity contribution in [2.24, 2.45) is 5.92 Å². The second-order valence-corrected chi connectivity index (χ2v) is 3.59. The van der Waals surface area contributed by atoms with Crippen LogP contribution in [0.15, 0.2) is 0 Å². The van der Waals surface area contributed by atoms with Gasteiger partial charge in [-0.1, -0.05) is 33.6 Å². The maximum absolute atomic E-state index is 11.1. The first-order valence-electron chi connectivity index (χ1n) is 5.46. The van der Waals surface area contributed by atoms with Crippen molar-refractivity contribution in [3.05, 3.63) is 0 Å². The summed E-state index contributed by atoms with van der Waals surface area (Å²) in [5, 5.41) is 0. The van der Waals surface area contributed by atoms with Crippen molar-refractivity contribution in [3.63, 3.8) is 0 Å². The first-order valence-corrected chi connectivity index (χ1v) is 5.46. The van der Waals surface area contributed by atoms with Crippen molar-refractivity contribution < 1.29 is 9.53 Å². The molecule has 0 unspecified atom stereocenters. The summed E-state index contributed by atoms with van der Waals surface area (Å²) in [4.78, 5) is 13.2. The van der Waals surface area contributed by atoms with E-state index in [-0.39, 0.29) is 5.97 Å². The summed E-state index contributed by atoms with van der Waals surface area (Å²) in [5.41, 5.74) is 0. The van der Waals surface area contributed by atoms with E-state index in [1.807, 2.05) is 0 Å². The largest absolute Gasteiger partial charge is 0.468 e. The van der Waals surface area contributed by atoms with Crippen LogP contribution in [0.4, 0.5) is 0 Å². The van der Waals surface area contributed by atoms with Crippen LogP contribution < -0.4 is 0 Å². The second-order valence-electron chi connectivity index (χ2n) is 3.59. The van der Waals surface area contributed by atoms with E-state index in [9.17, 15) is 4.79 Å². The van der Waals surface area contributed by atoms with Gasteiger partial charge in [0.1, 0.15) is 0 Å². The summed E-state index contributed by atoms with van der Waals surface area (Å²) < 4.78 is 4.65. The second kappa shape index (κ2) is 7.80. The van der Waals surface area contributed by atoms with E-state index in [0.717, 1.165) is 13.1 Å². The van der Waals surface area contributed by atoms with Gasteiger partial charge in [0.2, 0.25) is 0 Å². The van der Waals surface area contributed by atoms with Crippen LogP contribution in [0.5, 0.6) is 0 Å². The molecule has 0 bridgehead atoms. The van der Waals surface area contributed by atoms with E-state index in [0.29, 0.717) is 12.5 Å². The molecule has 0 amide bonds. The molecule has 0 saturated heterocycles. The van der Waals surface area contributed by atoms with Crippen molar-refractivity contribution in [2.45, 2.75) is 33.6 Å². The van der Waals surface area contributed by atoms with Crippen molar-refractivity contribution in [2.75, 3.05) is 26.7 Å². The van der Waals surface area contributed by atoms with Crippen molar-refractivity contribution in [1.29, 1.82) is 0 Å². The van der Waals surface area contributed by atoms with Crippen LogP contribution in [0.1, 0.15) is 33.6 Å². The number of carbonyl (C=O) groups is 1. The highest BCUT2D eigenvalue weighted by Gasteiger charge is 2.13. The first kappa shape index (κ1) is 13.4. The fraction of sp³-hybridized carbons (Fsp3) is 0.909. The average molecular weight is 201 g/mol. The molecule has 0 aromatic rings. The van der Waals surface area contributed by atoms with Gasteiger partial charge in [-0.3, -0.25) is 9.69 Å². The Hall–Kier alpha value is -0.570. The van der Waals surface area contributed by atoms with E-state index in [1.165, 1.54) is 20.0 Å². The Labute approximate surface area is 87.4 Å². The molecular weight excluding hydrogens is 178 g/mol. The number of hydrogen-bond acceptors (Lipinski definition) is 3. The zero-order valence-electron chi connectivity index (χ0n) is 9.88. The molecule has 0 aromatic heterocycles. The number of methoxy groups -OCH3 is 1. The standard InChI is InChI=1S/C11H23NO2/c1-5-10(6-2)8-12(7-3)9-11(13)14-4/h10H,5-9H2,1-4H3. The third kappa shape index (κ3) is 5.22. The van der Waals surface area contributed by atoms with Gasteiger partial charge in [0.15, 0.2) is 0 Å². The number of esters is 1. The van der Waals surface area contributed by atoms with Gasteiger partial charge < -0.3 is 4.74 Å². The topological polar surface area (TPSA) is 29.5 Å². The normalized spacial score (nSPS) is 11.0. The van der Waals surface area contributed by atoms with Crippen molar-refractivity contribution in [3.8, 4) is 0 Å². The quantitative estimate of drug-likeness (QED) is 0.589. The van der Waals surface area contributed by atoms with Crippen molar-refractivity contribution >= 4 is 5.97 Å². The van der Waals surface area contributed by atoms with Crippen LogP contribution in [0.2, 0.25) is 0 Å². The van der Waals surface area contributed by atoms with E-state index in [2.05, 4.69) is 30.4 Å². The molecule has 0 fully saturated rings. The van der Waals surface area contributed by atoms with Crippen LogP contribution in [-0.4, -0.2) is 37.6 Å². The fourth-order valence-electron chi connectivity index (χ4n) is 1.46. The van der Waals surface area contributed by atoms with Crippen LogP contribution in [-0.2, 0) is 9.53 Å². The van der Waals surface area contributed by atoms with Crippen LogP contribution in [0.3, 0.4) is 0 Å². The lowest BCUT2D eigenvalue weighted by Crippen LogP contribution is -2.34. The number of carbonyl (C=O) groups excluding carboxylic acids is 1. The maximum Gasteiger partial charge on any atom is 0.319 e. The lowest BCUT2D eigenvalue weighted by molar-refractivity contribution is -0.142. The SMILES string of the molecule is CCC(CC)CN(CC)CC(=O)OC. The minimum Gasteiger partial charge on any atom is -0.468 e. The molecule has 84 valence electrons. The van der Waals surface area contributed by atoms with Gasteiger partial charge in [-0.05, 0) is 12.5 Å². The van der Waals surface area contributed by atoms with Crippen molar-refractivity contribution in [1.82, 2.24) is 4.90 Å². The van der Waals surface area contributed by atoms with E-state index in [4.69, 9.17) is 0 Å². The minimum atomic E-state index is -0.141. The Morgan fingerprint density at radius 3 is 2.21 bits per heavy atom. The molecule has 0 aliphatic heterocycles.